The Morgan fingerprint density at radius 3 is 2.64 bits per heavy atom. The van der Waals surface area contributed by atoms with Crippen molar-refractivity contribution in [1.29, 1.82) is 0 Å². The van der Waals surface area contributed by atoms with E-state index in [2.05, 4.69) is 20.3 Å². The van der Waals surface area contributed by atoms with Crippen LogP contribution >= 0.6 is 0 Å². The number of fused-ring (bicyclic) bond motifs is 1. The number of hydrogen-bond donors (Lipinski definition) is 2. The normalized spacial score (nSPS) is 19.0. The molecule has 2 fully saturated rings. The van der Waals surface area contributed by atoms with Gasteiger partial charge in [0.05, 0.1) is 18.9 Å². The van der Waals surface area contributed by atoms with E-state index < -0.39 is 24.7 Å². The first-order chi connectivity index (χ1) is 20.2. The molecule has 2 N–H and O–H groups in total. The molecule has 0 bridgehead atoms. The molecular weight excluding hydrogens is 558 g/mol. The van der Waals surface area contributed by atoms with Crippen molar-refractivity contribution in [3.05, 3.63) is 53.1 Å². The van der Waals surface area contributed by atoms with Crippen molar-refractivity contribution in [2.45, 2.75) is 38.6 Å². The molecule has 0 aromatic heterocycles. The van der Waals surface area contributed by atoms with E-state index in [1.165, 1.54) is 23.1 Å². The van der Waals surface area contributed by atoms with Gasteiger partial charge in [0.15, 0.2) is 0 Å². The maximum absolute atomic E-state index is 13.0. The summed E-state index contributed by atoms with van der Waals surface area (Å²) in [6.45, 7) is 0.703. The lowest BCUT2D eigenvalue weighted by Crippen LogP contribution is -2.52. The highest BCUT2D eigenvalue weighted by Gasteiger charge is 2.39. The van der Waals surface area contributed by atoms with Gasteiger partial charge in [-0.25, -0.2) is 4.79 Å². The third-order valence-electron chi connectivity index (χ3n) is 7.09. The minimum Gasteiger partial charge on any atom is -0.492 e. The Bertz CT molecular complexity index is 1350. The molecule has 2 aromatic rings. The van der Waals surface area contributed by atoms with Crippen LogP contribution in [0.3, 0.4) is 0 Å². The molecule has 0 spiro atoms. The van der Waals surface area contributed by atoms with Crippen molar-refractivity contribution in [1.82, 2.24) is 15.1 Å². The molecule has 3 aliphatic rings. The molecule has 2 saturated heterocycles. The molecule has 1 unspecified atom stereocenters. The van der Waals surface area contributed by atoms with E-state index in [0.29, 0.717) is 37.5 Å². The molecule has 5 rings (SSSR count). The molecule has 3 aliphatic heterocycles. The van der Waals surface area contributed by atoms with Crippen molar-refractivity contribution < 1.29 is 46.9 Å². The number of ether oxygens (including phenoxy) is 4. The zero-order chi connectivity index (χ0) is 29.6. The highest BCUT2D eigenvalue weighted by atomic mass is 19.3. The van der Waals surface area contributed by atoms with Crippen LogP contribution in [0.2, 0.25) is 0 Å². The number of hydrogen-bond acceptors (Lipinski definition) is 9. The standard InChI is InChI=1S/C28H30F2N4O8/c29-27(30)42-21-13-19(12-20(14-21)40-10-7-33-5-8-39-9-6-33)31-28(38)41-16-17-1-2-18-15-34(26(37)22(18)11-17)23-3-4-24(35)32-25(23)36/h1-2,11-14,23,27H,3-10,15-16H2,(H,31,38)(H,32,35,36). The average Bonchev–Trinajstić information content (AvgIpc) is 3.27. The fourth-order valence-electron chi connectivity index (χ4n) is 5.01. The van der Waals surface area contributed by atoms with Gasteiger partial charge in [-0.3, -0.25) is 29.9 Å². The lowest BCUT2D eigenvalue weighted by Gasteiger charge is -2.29. The van der Waals surface area contributed by atoms with Gasteiger partial charge in [0.25, 0.3) is 5.91 Å². The maximum atomic E-state index is 13.0. The van der Waals surface area contributed by atoms with E-state index in [9.17, 15) is 28.0 Å². The molecule has 1 atom stereocenters. The van der Waals surface area contributed by atoms with Crippen LogP contribution < -0.4 is 20.1 Å². The zero-order valence-electron chi connectivity index (χ0n) is 22.6. The number of carbonyl (C=O) groups excluding carboxylic acids is 4. The first kappa shape index (κ1) is 29.2. The van der Waals surface area contributed by atoms with E-state index in [-0.39, 0.29) is 55.0 Å². The summed E-state index contributed by atoms with van der Waals surface area (Å²) in [4.78, 5) is 52.8. The summed E-state index contributed by atoms with van der Waals surface area (Å²) in [6, 6.07) is 8.28. The predicted octanol–water partition coefficient (Wildman–Crippen LogP) is 2.51. The van der Waals surface area contributed by atoms with E-state index in [1.54, 1.807) is 18.2 Å². The van der Waals surface area contributed by atoms with Crippen molar-refractivity contribution in [3.8, 4) is 11.5 Å². The molecule has 14 heteroatoms. The Morgan fingerprint density at radius 1 is 1.10 bits per heavy atom. The Labute approximate surface area is 239 Å². The van der Waals surface area contributed by atoms with Crippen LogP contribution in [0.5, 0.6) is 11.5 Å². The Balaban J connectivity index is 1.17. The van der Waals surface area contributed by atoms with E-state index in [0.717, 1.165) is 18.7 Å². The van der Waals surface area contributed by atoms with Crippen LogP contribution in [0.1, 0.15) is 34.3 Å². The fourth-order valence-corrected chi connectivity index (χ4v) is 5.01. The third-order valence-corrected chi connectivity index (χ3v) is 7.09. The number of benzene rings is 2. The minimum absolute atomic E-state index is 0.128. The summed E-state index contributed by atoms with van der Waals surface area (Å²) in [5, 5.41) is 4.75. The van der Waals surface area contributed by atoms with Crippen molar-refractivity contribution in [2.24, 2.45) is 0 Å². The Hall–Kier alpha value is -4.30. The smallest absolute Gasteiger partial charge is 0.411 e. The van der Waals surface area contributed by atoms with Gasteiger partial charge in [-0.1, -0.05) is 12.1 Å². The minimum atomic E-state index is -3.07. The quantitative estimate of drug-likeness (QED) is 0.402. The van der Waals surface area contributed by atoms with Crippen LogP contribution in [-0.2, 0) is 32.2 Å². The molecule has 2 aromatic carbocycles. The molecule has 3 heterocycles. The lowest BCUT2D eigenvalue weighted by atomic mass is 10.0. The Kier molecular flexibility index (Phi) is 9.12. The monoisotopic (exact) mass is 588 g/mol. The molecular formula is C28H30F2N4O8. The van der Waals surface area contributed by atoms with Crippen LogP contribution in [0, 0.1) is 0 Å². The fraction of sp³-hybridized carbons (Fsp3) is 0.429. The number of nitrogens with one attached hydrogen (secondary N) is 2. The molecule has 42 heavy (non-hydrogen) atoms. The number of halogens is 2. The molecule has 0 saturated carbocycles. The second-order valence-corrected chi connectivity index (χ2v) is 9.97. The highest BCUT2D eigenvalue weighted by Crippen LogP contribution is 2.29. The summed E-state index contributed by atoms with van der Waals surface area (Å²) < 4.78 is 46.6. The zero-order valence-corrected chi connectivity index (χ0v) is 22.6. The predicted molar refractivity (Wildman–Crippen MR) is 142 cm³/mol. The SMILES string of the molecule is O=C1CCC(N2Cc3ccc(COC(=O)Nc4cc(OCCN5CCOCC5)cc(OC(F)F)c4)cc3C2=O)C(=O)N1. The number of alkyl halides is 2. The number of nitrogens with zero attached hydrogens (tertiary/aromatic N) is 2. The topological polar surface area (TPSA) is 136 Å². The number of rotatable bonds is 10. The first-order valence-corrected chi connectivity index (χ1v) is 13.5. The Morgan fingerprint density at radius 2 is 1.88 bits per heavy atom. The second kappa shape index (κ2) is 13.1. The van der Waals surface area contributed by atoms with Crippen LogP contribution in [0.15, 0.2) is 36.4 Å². The number of amides is 4. The van der Waals surface area contributed by atoms with E-state index >= 15 is 0 Å². The maximum Gasteiger partial charge on any atom is 0.411 e. The van der Waals surface area contributed by atoms with Crippen LogP contribution in [0.4, 0.5) is 19.3 Å². The van der Waals surface area contributed by atoms with Gasteiger partial charge in [-0.15, -0.1) is 0 Å². The molecule has 12 nitrogen and oxygen atoms in total. The van der Waals surface area contributed by atoms with Gasteiger partial charge < -0.3 is 23.8 Å². The second-order valence-electron chi connectivity index (χ2n) is 9.97. The summed E-state index contributed by atoms with van der Waals surface area (Å²) in [7, 11) is 0. The molecule has 0 aliphatic carbocycles. The van der Waals surface area contributed by atoms with Gasteiger partial charge in [-0.2, -0.15) is 8.78 Å². The van der Waals surface area contributed by atoms with E-state index in [1.807, 2.05) is 0 Å². The number of anilines is 1. The van der Waals surface area contributed by atoms with Crippen LogP contribution in [0.25, 0.3) is 0 Å². The number of carbonyl (C=O) groups is 4. The van der Waals surface area contributed by atoms with Gasteiger partial charge in [0, 0.05) is 56.4 Å². The summed E-state index contributed by atoms with van der Waals surface area (Å²) in [5.74, 6) is -1.17. The molecule has 224 valence electrons. The van der Waals surface area contributed by atoms with Gasteiger partial charge in [0.1, 0.15) is 30.8 Å². The molecule has 4 amide bonds. The number of morpholine rings is 1. The summed E-state index contributed by atoms with van der Waals surface area (Å²) in [5.41, 5.74) is 1.76. The highest BCUT2D eigenvalue weighted by molar-refractivity contribution is 6.05. The lowest BCUT2D eigenvalue weighted by molar-refractivity contribution is -0.136. The third kappa shape index (κ3) is 7.31. The first-order valence-electron chi connectivity index (χ1n) is 13.5. The largest absolute Gasteiger partial charge is 0.492 e. The number of piperidine rings is 1. The average molecular weight is 589 g/mol. The molecule has 0 radical (unpaired) electrons. The van der Waals surface area contributed by atoms with Gasteiger partial charge in [0.2, 0.25) is 11.8 Å². The van der Waals surface area contributed by atoms with Crippen LogP contribution in [-0.4, -0.2) is 85.7 Å². The van der Waals surface area contributed by atoms with Crippen molar-refractivity contribution in [3.63, 3.8) is 0 Å². The van der Waals surface area contributed by atoms with E-state index in [4.69, 9.17) is 14.2 Å². The van der Waals surface area contributed by atoms with Crippen molar-refractivity contribution >= 4 is 29.5 Å². The summed E-state index contributed by atoms with van der Waals surface area (Å²) >= 11 is 0. The van der Waals surface area contributed by atoms with Gasteiger partial charge >= 0.3 is 12.7 Å². The van der Waals surface area contributed by atoms with Crippen molar-refractivity contribution in [2.75, 3.05) is 44.8 Å². The van der Waals surface area contributed by atoms with Gasteiger partial charge in [-0.05, 0) is 23.6 Å². The summed E-state index contributed by atoms with van der Waals surface area (Å²) in [6.07, 6.45) is -0.449. The number of imide groups is 1.